The van der Waals surface area contributed by atoms with Crippen molar-refractivity contribution in [2.75, 3.05) is 19.7 Å². The van der Waals surface area contributed by atoms with E-state index < -0.39 is 0 Å². The maximum atomic E-state index is 11.7. The van der Waals surface area contributed by atoms with Gasteiger partial charge in [0, 0.05) is 19.0 Å². The van der Waals surface area contributed by atoms with E-state index in [-0.39, 0.29) is 18.3 Å². The molecule has 2 N–H and O–H groups in total. The Hall–Kier alpha value is -0.320. The van der Waals surface area contributed by atoms with E-state index in [9.17, 15) is 4.79 Å². The molecule has 0 aromatic rings. The second-order valence-electron chi connectivity index (χ2n) is 5.81. The highest BCUT2D eigenvalue weighted by molar-refractivity contribution is 5.85. The maximum absolute atomic E-state index is 11.7. The second kappa shape index (κ2) is 10.4. The van der Waals surface area contributed by atoms with Crippen LogP contribution in [0.3, 0.4) is 0 Å². The smallest absolute Gasteiger partial charge is 0.220 e. The lowest BCUT2D eigenvalue weighted by Crippen LogP contribution is -2.31. The summed E-state index contributed by atoms with van der Waals surface area (Å²) in [5, 5.41) is 6.37. The van der Waals surface area contributed by atoms with E-state index in [0.717, 1.165) is 13.0 Å². The fourth-order valence-corrected chi connectivity index (χ4v) is 3.04. The van der Waals surface area contributed by atoms with Gasteiger partial charge in [-0.3, -0.25) is 4.79 Å². The molecular weight excluding hydrogens is 276 g/mol. The van der Waals surface area contributed by atoms with Gasteiger partial charge < -0.3 is 15.4 Å². The first-order valence-electron chi connectivity index (χ1n) is 7.96. The molecule has 0 radical (unpaired) electrons. The average molecular weight is 305 g/mol. The van der Waals surface area contributed by atoms with Gasteiger partial charge in [-0.2, -0.15) is 0 Å². The quantitative estimate of drug-likeness (QED) is 0.710. The van der Waals surface area contributed by atoms with Crippen molar-refractivity contribution in [1.82, 2.24) is 10.6 Å². The van der Waals surface area contributed by atoms with Crippen molar-refractivity contribution >= 4 is 18.3 Å². The van der Waals surface area contributed by atoms with Gasteiger partial charge in [0.2, 0.25) is 5.91 Å². The van der Waals surface area contributed by atoms with E-state index in [1.807, 2.05) is 0 Å². The summed E-state index contributed by atoms with van der Waals surface area (Å²) in [7, 11) is 0. The number of rotatable bonds is 7. The molecule has 4 nitrogen and oxygen atoms in total. The average Bonchev–Trinajstić information content (AvgIpc) is 2.96. The molecule has 2 aliphatic rings. The van der Waals surface area contributed by atoms with Crippen LogP contribution in [0.4, 0.5) is 0 Å². The third-order valence-corrected chi connectivity index (χ3v) is 4.21. The Bertz CT molecular complexity index is 265. The molecule has 1 aliphatic heterocycles. The van der Waals surface area contributed by atoms with Crippen LogP contribution in [-0.4, -0.2) is 37.7 Å². The SMILES string of the molecule is Cl.O=C(CCC1CCCN1)NCCOC1CCCCC1. The van der Waals surface area contributed by atoms with Crippen molar-refractivity contribution < 1.29 is 9.53 Å². The van der Waals surface area contributed by atoms with Crippen LogP contribution in [0.5, 0.6) is 0 Å². The summed E-state index contributed by atoms with van der Waals surface area (Å²) in [4.78, 5) is 11.7. The lowest BCUT2D eigenvalue weighted by atomic mass is 9.98. The first kappa shape index (κ1) is 17.7. The third-order valence-electron chi connectivity index (χ3n) is 4.21. The number of carbonyl (C=O) groups excluding carboxylic acids is 1. The molecule has 20 heavy (non-hydrogen) atoms. The van der Waals surface area contributed by atoms with Crippen LogP contribution >= 0.6 is 12.4 Å². The van der Waals surface area contributed by atoms with Gasteiger partial charge in [-0.05, 0) is 38.6 Å². The van der Waals surface area contributed by atoms with E-state index in [2.05, 4.69) is 10.6 Å². The summed E-state index contributed by atoms with van der Waals surface area (Å²) < 4.78 is 5.78. The van der Waals surface area contributed by atoms with E-state index in [0.29, 0.717) is 31.7 Å². The maximum Gasteiger partial charge on any atom is 0.220 e. The third kappa shape index (κ3) is 6.91. The zero-order chi connectivity index (χ0) is 13.3. The van der Waals surface area contributed by atoms with Gasteiger partial charge in [-0.15, -0.1) is 12.4 Å². The number of nitrogens with one attached hydrogen (secondary N) is 2. The van der Waals surface area contributed by atoms with Crippen molar-refractivity contribution in [3.05, 3.63) is 0 Å². The van der Waals surface area contributed by atoms with Gasteiger partial charge >= 0.3 is 0 Å². The van der Waals surface area contributed by atoms with Crippen LogP contribution < -0.4 is 10.6 Å². The molecule has 1 unspecified atom stereocenters. The molecule has 1 heterocycles. The van der Waals surface area contributed by atoms with Crippen molar-refractivity contribution in [3.8, 4) is 0 Å². The van der Waals surface area contributed by atoms with Gasteiger partial charge in [0.1, 0.15) is 0 Å². The predicted octanol–water partition coefficient (Wildman–Crippen LogP) is 2.41. The lowest BCUT2D eigenvalue weighted by molar-refractivity contribution is -0.121. The van der Waals surface area contributed by atoms with Crippen LogP contribution in [-0.2, 0) is 9.53 Å². The van der Waals surface area contributed by atoms with E-state index >= 15 is 0 Å². The molecule has 0 spiro atoms. The Morgan fingerprint density at radius 3 is 2.65 bits per heavy atom. The molecule has 0 bridgehead atoms. The molecule has 1 atom stereocenters. The van der Waals surface area contributed by atoms with Gasteiger partial charge in [0.25, 0.3) is 0 Å². The Morgan fingerprint density at radius 1 is 1.15 bits per heavy atom. The summed E-state index contributed by atoms with van der Waals surface area (Å²) in [5.74, 6) is 0.168. The van der Waals surface area contributed by atoms with Crippen molar-refractivity contribution in [3.63, 3.8) is 0 Å². The monoisotopic (exact) mass is 304 g/mol. The Labute approximate surface area is 128 Å². The predicted molar refractivity (Wildman–Crippen MR) is 83.3 cm³/mol. The molecule has 118 valence electrons. The fourth-order valence-electron chi connectivity index (χ4n) is 3.04. The van der Waals surface area contributed by atoms with Crippen LogP contribution in [0, 0.1) is 0 Å². The first-order chi connectivity index (χ1) is 9.34. The van der Waals surface area contributed by atoms with Gasteiger partial charge in [0.05, 0.1) is 12.7 Å². The van der Waals surface area contributed by atoms with Gasteiger partial charge in [0.15, 0.2) is 0 Å². The number of halogens is 1. The molecule has 2 fully saturated rings. The Balaban J connectivity index is 0.00000200. The molecule has 5 heteroatoms. The number of ether oxygens (including phenoxy) is 1. The minimum atomic E-state index is 0. The minimum absolute atomic E-state index is 0. The van der Waals surface area contributed by atoms with E-state index in [4.69, 9.17) is 4.74 Å². The summed E-state index contributed by atoms with van der Waals surface area (Å²) in [6.45, 7) is 2.44. The van der Waals surface area contributed by atoms with Crippen LogP contribution in [0.1, 0.15) is 57.8 Å². The summed E-state index contributed by atoms with van der Waals surface area (Å²) >= 11 is 0. The summed E-state index contributed by atoms with van der Waals surface area (Å²) in [5.41, 5.74) is 0. The van der Waals surface area contributed by atoms with Crippen LogP contribution in [0.25, 0.3) is 0 Å². The molecule has 1 saturated heterocycles. The number of carbonyl (C=O) groups is 1. The second-order valence-corrected chi connectivity index (χ2v) is 5.81. The lowest BCUT2D eigenvalue weighted by Gasteiger charge is -2.22. The Morgan fingerprint density at radius 2 is 1.95 bits per heavy atom. The highest BCUT2D eigenvalue weighted by Crippen LogP contribution is 2.19. The zero-order valence-corrected chi connectivity index (χ0v) is 13.2. The summed E-state index contributed by atoms with van der Waals surface area (Å²) in [6.07, 6.45) is 10.9. The molecule has 2 rings (SSSR count). The largest absolute Gasteiger partial charge is 0.376 e. The molecule has 0 aromatic heterocycles. The highest BCUT2D eigenvalue weighted by Gasteiger charge is 2.15. The normalized spacial score (nSPS) is 23.3. The minimum Gasteiger partial charge on any atom is -0.376 e. The molecular formula is C15H29ClN2O2. The molecule has 1 saturated carbocycles. The van der Waals surface area contributed by atoms with E-state index in [1.165, 1.54) is 44.9 Å². The summed E-state index contributed by atoms with van der Waals surface area (Å²) in [6, 6.07) is 0.559. The standard InChI is InChI=1S/C15H28N2O2.ClH/c18-15(9-8-13-5-4-10-16-13)17-11-12-19-14-6-2-1-3-7-14;/h13-14,16H,1-12H2,(H,17,18);1H. The number of hydrogen-bond donors (Lipinski definition) is 2. The molecule has 1 amide bonds. The highest BCUT2D eigenvalue weighted by atomic mass is 35.5. The van der Waals surface area contributed by atoms with Crippen molar-refractivity contribution in [2.24, 2.45) is 0 Å². The van der Waals surface area contributed by atoms with Crippen molar-refractivity contribution in [2.45, 2.75) is 69.9 Å². The van der Waals surface area contributed by atoms with Gasteiger partial charge in [-0.1, -0.05) is 19.3 Å². The topological polar surface area (TPSA) is 50.4 Å². The number of hydrogen-bond acceptors (Lipinski definition) is 3. The first-order valence-corrected chi connectivity index (χ1v) is 7.96. The molecule has 1 aliphatic carbocycles. The van der Waals surface area contributed by atoms with Crippen LogP contribution in [0.2, 0.25) is 0 Å². The Kier molecular flexibility index (Phi) is 9.23. The van der Waals surface area contributed by atoms with Crippen LogP contribution in [0.15, 0.2) is 0 Å². The van der Waals surface area contributed by atoms with E-state index in [1.54, 1.807) is 0 Å². The molecule has 0 aromatic carbocycles. The number of amides is 1. The fraction of sp³-hybridized carbons (Fsp3) is 0.933. The van der Waals surface area contributed by atoms with Gasteiger partial charge in [-0.25, -0.2) is 0 Å². The zero-order valence-electron chi connectivity index (χ0n) is 12.4. The van der Waals surface area contributed by atoms with Crippen molar-refractivity contribution in [1.29, 1.82) is 0 Å².